The lowest BCUT2D eigenvalue weighted by Crippen LogP contribution is -2.46. The summed E-state index contributed by atoms with van der Waals surface area (Å²) in [5.74, 6) is 2.97. The molecule has 0 aromatic rings. The van der Waals surface area contributed by atoms with Crippen molar-refractivity contribution < 1.29 is 9.53 Å². The van der Waals surface area contributed by atoms with Crippen molar-refractivity contribution >= 4 is 5.97 Å². The molecule has 0 N–H and O–H groups in total. The smallest absolute Gasteiger partial charge is 0.311 e. The lowest BCUT2D eigenvalue weighted by atomic mass is 9.61. The van der Waals surface area contributed by atoms with Crippen LogP contribution < -0.4 is 0 Å². The molecular formula is C20H34O2. The summed E-state index contributed by atoms with van der Waals surface area (Å²) < 4.78 is 6.09. The van der Waals surface area contributed by atoms with Crippen molar-refractivity contribution in [3.8, 4) is 0 Å². The Labute approximate surface area is 136 Å². The third-order valence-electron chi connectivity index (χ3n) is 6.23. The molecule has 0 amide bonds. The van der Waals surface area contributed by atoms with Gasteiger partial charge in [0.1, 0.15) is 6.10 Å². The van der Waals surface area contributed by atoms with E-state index < -0.39 is 0 Å². The molecular weight excluding hydrogens is 272 g/mol. The van der Waals surface area contributed by atoms with Gasteiger partial charge < -0.3 is 4.74 Å². The molecule has 0 aromatic heterocycles. The average molecular weight is 306 g/mol. The van der Waals surface area contributed by atoms with Crippen LogP contribution in [0.2, 0.25) is 0 Å². The summed E-state index contributed by atoms with van der Waals surface area (Å²) in [5, 5.41) is 0. The van der Waals surface area contributed by atoms with E-state index in [0.717, 1.165) is 12.8 Å². The van der Waals surface area contributed by atoms with Crippen LogP contribution in [0.25, 0.3) is 0 Å². The minimum atomic E-state index is -0.367. The highest BCUT2D eigenvalue weighted by Crippen LogP contribution is 2.47. The summed E-state index contributed by atoms with van der Waals surface area (Å²) in [4.78, 5) is 12.6. The molecule has 0 spiro atoms. The number of rotatable bonds is 4. The minimum absolute atomic E-state index is 0.00934. The van der Waals surface area contributed by atoms with E-state index in [1.807, 2.05) is 13.8 Å². The first-order valence-electron chi connectivity index (χ1n) is 9.19. The Hall–Kier alpha value is -0.790. The predicted molar refractivity (Wildman–Crippen MR) is 91.4 cm³/mol. The van der Waals surface area contributed by atoms with E-state index in [1.54, 1.807) is 0 Å². The van der Waals surface area contributed by atoms with Crippen molar-refractivity contribution in [3.63, 3.8) is 0 Å². The molecule has 0 radical (unpaired) electrons. The van der Waals surface area contributed by atoms with E-state index >= 15 is 0 Å². The Morgan fingerprint density at radius 2 is 1.86 bits per heavy atom. The quantitative estimate of drug-likeness (QED) is 0.525. The zero-order valence-corrected chi connectivity index (χ0v) is 15.3. The Bertz CT molecular complexity index is 423. The van der Waals surface area contributed by atoms with Crippen molar-refractivity contribution in [1.82, 2.24) is 0 Å². The highest BCUT2D eigenvalue weighted by atomic mass is 16.5. The van der Waals surface area contributed by atoms with Crippen molar-refractivity contribution in [2.24, 2.45) is 35.0 Å². The first kappa shape index (κ1) is 17.6. The Morgan fingerprint density at radius 3 is 2.45 bits per heavy atom. The van der Waals surface area contributed by atoms with Gasteiger partial charge in [-0.05, 0) is 56.8 Å². The zero-order chi connectivity index (χ0) is 16.5. The van der Waals surface area contributed by atoms with E-state index in [9.17, 15) is 4.79 Å². The third-order valence-corrected chi connectivity index (χ3v) is 6.23. The lowest BCUT2D eigenvalue weighted by molar-refractivity contribution is -0.169. The number of carbonyl (C=O) groups excluding carboxylic acids is 1. The second-order valence-electron chi connectivity index (χ2n) is 8.32. The summed E-state index contributed by atoms with van der Waals surface area (Å²) in [6.45, 7) is 13.0. The summed E-state index contributed by atoms with van der Waals surface area (Å²) in [6.07, 6.45) is 9.18. The molecule has 0 aromatic carbocycles. The van der Waals surface area contributed by atoms with Gasteiger partial charge in [0.25, 0.3) is 0 Å². The number of esters is 1. The Morgan fingerprint density at radius 1 is 1.18 bits per heavy atom. The normalized spacial score (nSPS) is 38.5. The number of ether oxygens (including phenoxy) is 1. The van der Waals surface area contributed by atoms with Crippen LogP contribution >= 0.6 is 0 Å². The summed E-state index contributed by atoms with van der Waals surface area (Å²) in [6, 6.07) is 0. The maximum atomic E-state index is 12.6. The van der Waals surface area contributed by atoms with Gasteiger partial charge in [0.05, 0.1) is 5.41 Å². The van der Waals surface area contributed by atoms with Crippen molar-refractivity contribution in [1.29, 1.82) is 0 Å². The van der Waals surface area contributed by atoms with Gasteiger partial charge in [-0.3, -0.25) is 4.79 Å². The topological polar surface area (TPSA) is 26.3 Å². The first-order chi connectivity index (χ1) is 10.3. The van der Waals surface area contributed by atoms with Crippen LogP contribution in [0, 0.1) is 35.0 Å². The molecule has 3 unspecified atom stereocenters. The fraction of sp³-hybridized carbons (Fsp3) is 0.850. The molecule has 0 heterocycles. The van der Waals surface area contributed by atoms with E-state index in [4.69, 9.17) is 4.74 Å². The van der Waals surface area contributed by atoms with Gasteiger partial charge in [-0.25, -0.2) is 0 Å². The van der Waals surface area contributed by atoms with E-state index in [2.05, 4.69) is 39.8 Å². The van der Waals surface area contributed by atoms with Gasteiger partial charge in [-0.2, -0.15) is 0 Å². The highest BCUT2D eigenvalue weighted by Gasteiger charge is 2.45. The standard InChI is InChI=1S/C20H34O2/c1-7-16-14(4)9-10-15-11-13(3)12-17(18(15)16)22-19(21)20(5,6)8-2/h9-10,13-18H,7-8,11-12H2,1-6H3/t13-,14?,15?,16-,17-,18?/m0/s1. The second-order valence-corrected chi connectivity index (χ2v) is 8.32. The summed E-state index contributed by atoms with van der Waals surface area (Å²) >= 11 is 0. The SMILES string of the molecule is CC[C@H]1C(C)C=CC2C[C@H](C)C[C@H](OC(=O)C(C)(C)CC)C21. The third kappa shape index (κ3) is 3.41. The second kappa shape index (κ2) is 6.76. The molecule has 2 rings (SSSR count). The van der Waals surface area contributed by atoms with Crippen molar-refractivity contribution in [2.45, 2.75) is 73.3 Å². The number of hydrogen-bond acceptors (Lipinski definition) is 2. The number of fused-ring (bicyclic) bond motifs is 1. The van der Waals surface area contributed by atoms with Crippen molar-refractivity contribution in [2.75, 3.05) is 0 Å². The minimum Gasteiger partial charge on any atom is -0.462 e. The number of hydrogen-bond donors (Lipinski definition) is 0. The van der Waals surface area contributed by atoms with Gasteiger partial charge in [0, 0.05) is 5.92 Å². The molecule has 0 bridgehead atoms. The van der Waals surface area contributed by atoms with Crippen LogP contribution in [0.15, 0.2) is 12.2 Å². The fourth-order valence-electron chi connectivity index (χ4n) is 4.37. The molecule has 22 heavy (non-hydrogen) atoms. The van der Waals surface area contributed by atoms with E-state index in [0.29, 0.717) is 29.6 Å². The molecule has 0 saturated heterocycles. The molecule has 0 aliphatic heterocycles. The Balaban J connectivity index is 2.21. The lowest BCUT2D eigenvalue weighted by Gasteiger charge is -2.47. The van der Waals surface area contributed by atoms with Crippen LogP contribution in [0.5, 0.6) is 0 Å². The Kier molecular flexibility index (Phi) is 5.40. The molecule has 1 fully saturated rings. The van der Waals surface area contributed by atoms with Gasteiger partial charge in [-0.15, -0.1) is 0 Å². The monoisotopic (exact) mass is 306 g/mol. The molecule has 1 saturated carbocycles. The largest absolute Gasteiger partial charge is 0.462 e. The molecule has 2 nitrogen and oxygen atoms in total. The van der Waals surface area contributed by atoms with Crippen LogP contribution in [0.3, 0.4) is 0 Å². The van der Waals surface area contributed by atoms with Gasteiger partial charge in [0.15, 0.2) is 0 Å². The maximum absolute atomic E-state index is 12.6. The van der Waals surface area contributed by atoms with E-state index in [1.165, 1.54) is 12.8 Å². The van der Waals surface area contributed by atoms with Gasteiger partial charge in [0.2, 0.25) is 0 Å². The van der Waals surface area contributed by atoms with Crippen LogP contribution in [-0.4, -0.2) is 12.1 Å². The summed E-state index contributed by atoms with van der Waals surface area (Å²) in [7, 11) is 0. The number of carbonyl (C=O) groups is 1. The highest BCUT2D eigenvalue weighted by molar-refractivity contribution is 5.76. The molecule has 2 aliphatic carbocycles. The first-order valence-corrected chi connectivity index (χ1v) is 9.19. The summed E-state index contributed by atoms with van der Waals surface area (Å²) in [5.41, 5.74) is -0.367. The predicted octanol–water partition coefficient (Wildman–Crippen LogP) is 5.23. The number of allylic oxidation sites excluding steroid dienone is 2. The molecule has 126 valence electrons. The van der Waals surface area contributed by atoms with E-state index in [-0.39, 0.29) is 17.5 Å². The average Bonchev–Trinajstić information content (AvgIpc) is 2.47. The van der Waals surface area contributed by atoms with Gasteiger partial charge in [-0.1, -0.05) is 46.3 Å². The maximum Gasteiger partial charge on any atom is 0.311 e. The van der Waals surface area contributed by atoms with Crippen LogP contribution in [-0.2, 0) is 9.53 Å². The van der Waals surface area contributed by atoms with Crippen LogP contribution in [0.4, 0.5) is 0 Å². The van der Waals surface area contributed by atoms with Gasteiger partial charge >= 0.3 is 5.97 Å². The molecule has 2 aliphatic rings. The van der Waals surface area contributed by atoms with Crippen LogP contribution in [0.1, 0.15) is 67.2 Å². The molecule has 6 atom stereocenters. The fourth-order valence-corrected chi connectivity index (χ4v) is 4.37. The molecule has 2 heteroatoms. The zero-order valence-electron chi connectivity index (χ0n) is 15.3. The van der Waals surface area contributed by atoms with Crippen molar-refractivity contribution in [3.05, 3.63) is 12.2 Å².